The SMILES string of the molecule is CB1C=Cc2c(oc3ncccc23)N1c1cccc[n+]1C. The molecule has 0 fully saturated rings. The van der Waals surface area contributed by atoms with Crippen LogP contribution in [0.4, 0.5) is 11.7 Å². The highest BCUT2D eigenvalue weighted by molar-refractivity contribution is 6.69. The van der Waals surface area contributed by atoms with E-state index in [0.29, 0.717) is 5.71 Å². The summed E-state index contributed by atoms with van der Waals surface area (Å²) in [6.07, 6.45) is 5.94. The molecule has 0 atom stereocenters. The van der Waals surface area contributed by atoms with Gasteiger partial charge in [-0.25, -0.2) is 9.55 Å². The van der Waals surface area contributed by atoms with Crippen LogP contribution in [0.3, 0.4) is 0 Å². The van der Waals surface area contributed by atoms with Crippen molar-refractivity contribution >= 4 is 35.7 Å². The Kier molecular flexibility index (Phi) is 2.60. The number of aryl methyl sites for hydroxylation is 1. The third-order valence-corrected chi connectivity index (χ3v) is 3.93. The molecule has 1 aliphatic rings. The lowest BCUT2D eigenvalue weighted by Crippen LogP contribution is -2.43. The average molecular weight is 276 g/mol. The van der Waals surface area contributed by atoms with Crippen LogP contribution in [0, 0.1) is 0 Å². The van der Waals surface area contributed by atoms with Gasteiger partial charge in [-0.15, -0.1) is 0 Å². The van der Waals surface area contributed by atoms with Gasteiger partial charge in [-0.3, -0.25) is 4.81 Å². The van der Waals surface area contributed by atoms with Gasteiger partial charge in [0.25, 0.3) is 11.7 Å². The molecular weight excluding hydrogens is 261 g/mol. The number of hydrogen-bond acceptors (Lipinski definition) is 3. The van der Waals surface area contributed by atoms with Gasteiger partial charge in [0.05, 0.1) is 24.2 Å². The highest BCUT2D eigenvalue weighted by Gasteiger charge is 2.37. The lowest BCUT2D eigenvalue weighted by atomic mass is 9.61. The zero-order valence-corrected chi connectivity index (χ0v) is 12.0. The minimum atomic E-state index is 0.228. The van der Waals surface area contributed by atoms with E-state index in [1.165, 1.54) is 0 Å². The molecule has 0 aliphatic carbocycles. The van der Waals surface area contributed by atoms with Crippen molar-refractivity contribution in [2.45, 2.75) is 6.82 Å². The van der Waals surface area contributed by atoms with Crippen LogP contribution in [0.15, 0.2) is 53.1 Å². The Morgan fingerprint density at radius 1 is 1.24 bits per heavy atom. The van der Waals surface area contributed by atoms with E-state index in [1.54, 1.807) is 6.20 Å². The summed E-state index contributed by atoms with van der Waals surface area (Å²) in [5.74, 6) is 4.15. The smallest absolute Gasteiger partial charge is 0.404 e. The molecule has 0 amide bonds. The van der Waals surface area contributed by atoms with Gasteiger partial charge in [-0.1, -0.05) is 18.1 Å². The van der Waals surface area contributed by atoms with E-state index in [9.17, 15) is 0 Å². The van der Waals surface area contributed by atoms with Crippen LogP contribution < -0.4 is 9.38 Å². The molecule has 0 N–H and O–H groups in total. The summed E-state index contributed by atoms with van der Waals surface area (Å²) >= 11 is 0. The first-order valence-corrected chi connectivity index (χ1v) is 7.05. The molecular formula is C16H15BN3O+. The zero-order valence-electron chi connectivity index (χ0n) is 12.0. The van der Waals surface area contributed by atoms with Gasteiger partial charge in [0.2, 0.25) is 5.71 Å². The standard InChI is InChI=1S/C16H15BN3O/c1-17-9-8-13-12-6-5-10-18-15(12)21-16(13)20(17)14-7-3-4-11-19(14)2/h3-11H,1-2H3/q+1. The number of anilines is 2. The van der Waals surface area contributed by atoms with Crippen LogP contribution >= 0.6 is 0 Å². The molecule has 5 heteroatoms. The molecule has 0 unspecified atom stereocenters. The Morgan fingerprint density at radius 2 is 2.14 bits per heavy atom. The zero-order chi connectivity index (χ0) is 14.4. The van der Waals surface area contributed by atoms with Crippen LogP contribution in [0.1, 0.15) is 5.56 Å². The maximum absolute atomic E-state index is 6.03. The van der Waals surface area contributed by atoms with Crippen LogP contribution in [-0.2, 0) is 7.05 Å². The van der Waals surface area contributed by atoms with Crippen molar-refractivity contribution < 1.29 is 8.98 Å². The van der Waals surface area contributed by atoms with E-state index >= 15 is 0 Å². The van der Waals surface area contributed by atoms with E-state index in [1.807, 2.05) is 37.5 Å². The monoisotopic (exact) mass is 276 g/mol. The second-order valence-electron chi connectivity index (χ2n) is 5.32. The van der Waals surface area contributed by atoms with Gasteiger partial charge in [-0.2, -0.15) is 0 Å². The Hall–Kier alpha value is -2.56. The minimum Gasteiger partial charge on any atom is -0.404 e. The largest absolute Gasteiger partial charge is 0.405 e. The molecule has 0 saturated carbocycles. The molecule has 1 aliphatic heterocycles. The molecule has 4 rings (SSSR count). The maximum atomic E-state index is 6.03. The van der Waals surface area contributed by atoms with Crippen molar-refractivity contribution in [1.82, 2.24) is 4.98 Å². The Labute approximate surface area is 123 Å². The van der Waals surface area contributed by atoms with Crippen LogP contribution in [0.2, 0.25) is 6.82 Å². The lowest BCUT2D eigenvalue weighted by molar-refractivity contribution is -0.658. The van der Waals surface area contributed by atoms with Crippen LogP contribution in [0.5, 0.6) is 0 Å². The normalized spacial score (nSPS) is 13.8. The van der Waals surface area contributed by atoms with Crippen molar-refractivity contribution in [2.24, 2.45) is 7.05 Å². The van der Waals surface area contributed by atoms with Gasteiger partial charge in [0.15, 0.2) is 0 Å². The first-order valence-electron chi connectivity index (χ1n) is 7.05. The summed E-state index contributed by atoms with van der Waals surface area (Å²) in [6, 6.07) is 10.2. The molecule has 0 bridgehead atoms. The van der Waals surface area contributed by atoms with E-state index in [0.717, 1.165) is 22.7 Å². The predicted molar refractivity (Wildman–Crippen MR) is 84.4 cm³/mol. The van der Waals surface area contributed by atoms with Crippen molar-refractivity contribution in [3.8, 4) is 0 Å². The minimum absolute atomic E-state index is 0.228. The number of fused-ring (bicyclic) bond motifs is 3. The van der Waals surface area contributed by atoms with E-state index in [4.69, 9.17) is 4.42 Å². The fourth-order valence-electron chi connectivity index (χ4n) is 2.86. The molecule has 4 nitrogen and oxygen atoms in total. The van der Waals surface area contributed by atoms with Crippen molar-refractivity contribution in [1.29, 1.82) is 0 Å². The number of rotatable bonds is 1. The van der Waals surface area contributed by atoms with Crippen LogP contribution in [0.25, 0.3) is 17.2 Å². The molecule has 0 spiro atoms. The average Bonchev–Trinajstić information content (AvgIpc) is 2.87. The first kappa shape index (κ1) is 12.2. The lowest BCUT2D eigenvalue weighted by Gasteiger charge is -2.21. The molecule has 3 aromatic rings. The molecule has 0 aromatic carbocycles. The van der Waals surface area contributed by atoms with Gasteiger partial charge >= 0.3 is 6.85 Å². The Morgan fingerprint density at radius 3 is 3.00 bits per heavy atom. The first-order chi connectivity index (χ1) is 10.3. The summed E-state index contributed by atoms with van der Waals surface area (Å²) in [5, 5.41) is 1.05. The molecule has 3 aromatic heterocycles. The Bertz CT molecular complexity index is 856. The van der Waals surface area contributed by atoms with Crippen molar-refractivity contribution in [3.63, 3.8) is 0 Å². The van der Waals surface area contributed by atoms with Gasteiger partial charge in [0.1, 0.15) is 0 Å². The summed E-state index contributed by atoms with van der Waals surface area (Å²) in [5.41, 5.74) is 1.78. The van der Waals surface area contributed by atoms with E-state index < -0.39 is 0 Å². The van der Waals surface area contributed by atoms with Gasteiger partial charge < -0.3 is 4.42 Å². The summed E-state index contributed by atoms with van der Waals surface area (Å²) in [4.78, 5) is 6.53. The van der Waals surface area contributed by atoms with E-state index in [2.05, 4.69) is 39.3 Å². The number of pyridine rings is 2. The third kappa shape index (κ3) is 1.77. The number of hydrogen-bond donors (Lipinski definition) is 0. The number of furan rings is 1. The number of aromatic nitrogens is 2. The number of nitrogens with zero attached hydrogens (tertiary/aromatic N) is 3. The second kappa shape index (κ2) is 4.48. The molecule has 4 heterocycles. The third-order valence-electron chi connectivity index (χ3n) is 3.93. The Balaban J connectivity index is 1.98. The highest BCUT2D eigenvalue weighted by Crippen LogP contribution is 2.38. The van der Waals surface area contributed by atoms with E-state index in [-0.39, 0.29) is 6.85 Å². The summed E-state index contributed by atoms with van der Waals surface area (Å²) < 4.78 is 8.13. The summed E-state index contributed by atoms with van der Waals surface area (Å²) in [7, 11) is 2.04. The molecule has 0 radical (unpaired) electrons. The molecule has 102 valence electrons. The second-order valence-corrected chi connectivity index (χ2v) is 5.32. The van der Waals surface area contributed by atoms with Crippen molar-refractivity contribution in [2.75, 3.05) is 4.81 Å². The predicted octanol–water partition coefficient (Wildman–Crippen LogP) is 2.98. The fraction of sp³-hybridized carbons (Fsp3) is 0.125. The molecule has 0 saturated heterocycles. The van der Waals surface area contributed by atoms with Gasteiger partial charge in [0, 0.05) is 12.3 Å². The highest BCUT2D eigenvalue weighted by atomic mass is 16.4. The summed E-state index contributed by atoms with van der Waals surface area (Å²) in [6.45, 7) is 2.39. The fourth-order valence-corrected chi connectivity index (χ4v) is 2.86. The quantitative estimate of drug-likeness (QED) is 0.506. The molecule has 21 heavy (non-hydrogen) atoms. The topological polar surface area (TPSA) is 33.2 Å². The van der Waals surface area contributed by atoms with Crippen molar-refractivity contribution in [3.05, 3.63) is 54.3 Å². The van der Waals surface area contributed by atoms with Crippen LogP contribution in [-0.4, -0.2) is 11.8 Å². The van der Waals surface area contributed by atoms with Gasteiger partial charge in [-0.05, 0) is 25.0 Å². The maximum Gasteiger partial charge on any atom is 0.405 e.